The van der Waals surface area contributed by atoms with E-state index in [1.54, 1.807) is 7.11 Å². The summed E-state index contributed by atoms with van der Waals surface area (Å²) in [4.78, 5) is 12.1. The van der Waals surface area contributed by atoms with Crippen molar-refractivity contribution in [1.29, 1.82) is 0 Å². The van der Waals surface area contributed by atoms with Crippen molar-refractivity contribution in [1.82, 2.24) is 5.32 Å². The van der Waals surface area contributed by atoms with Crippen LogP contribution >= 0.6 is 0 Å². The fourth-order valence-corrected chi connectivity index (χ4v) is 2.60. The highest BCUT2D eigenvalue weighted by atomic mass is 16.5. The minimum Gasteiger partial charge on any atom is -0.497 e. The molecule has 94 valence electrons. The van der Waals surface area contributed by atoms with Crippen molar-refractivity contribution in [3.63, 3.8) is 0 Å². The number of rotatable bonds is 1. The number of carbonyl (C=O) groups is 1. The second kappa shape index (κ2) is 4.46. The lowest BCUT2D eigenvalue weighted by atomic mass is 9.94. The second-order valence-electron chi connectivity index (χ2n) is 4.59. The van der Waals surface area contributed by atoms with Crippen LogP contribution in [0.4, 0.5) is 5.69 Å². The summed E-state index contributed by atoms with van der Waals surface area (Å²) < 4.78 is 5.24. The maximum absolute atomic E-state index is 12.1. The third-order valence-corrected chi connectivity index (χ3v) is 3.53. The molecule has 1 aromatic carbocycles. The van der Waals surface area contributed by atoms with Gasteiger partial charge in [0.25, 0.3) is 5.91 Å². The Balaban J connectivity index is 2.09. The van der Waals surface area contributed by atoms with Crippen molar-refractivity contribution < 1.29 is 9.53 Å². The summed E-state index contributed by atoms with van der Waals surface area (Å²) in [5, 5.41) is 6.23. The summed E-state index contributed by atoms with van der Waals surface area (Å²) in [6, 6.07) is 5.72. The third kappa shape index (κ3) is 1.78. The van der Waals surface area contributed by atoms with Gasteiger partial charge in [0, 0.05) is 16.8 Å². The quantitative estimate of drug-likeness (QED) is 0.740. The molecule has 0 unspecified atom stereocenters. The summed E-state index contributed by atoms with van der Waals surface area (Å²) in [6.07, 6.45) is 1.89. The number of nitrogens with one attached hydrogen (secondary N) is 2. The molecule has 4 nitrogen and oxygen atoms in total. The molecule has 18 heavy (non-hydrogen) atoms. The molecular formula is C14H16N2O2. The fraction of sp³-hybridized carbons (Fsp3) is 0.357. The second-order valence-corrected chi connectivity index (χ2v) is 4.59. The molecule has 2 heterocycles. The predicted molar refractivity (Wildman–Crippen MR) is 70.6 cm³/mol. The Morgan fingerprint density at radius 2 is 2.00 bits per heavy atom. The van der Waals surface area contributed by atoms with Crippen LogP contribution in [0.2, 0.25) is 0 Å². The first-order valence-corrected chi connectivity index (χ1v) is 6.22. The van der Waals surface area contributed by atoms with Crippen LogP contribution in [0.3, 0.4) is 0 Å². The Morgan fingerprint density at radius 3 is 2.72 bits per heavy atom. The number of hydrogen-bond donors (Lipinski definition) is 2. The number of ether oxygens (including phenoxy) is 1. The highest BCUT2D eigenvalue weighted by Gasteiger charge is 2.28. The normalized spacial score (nSPS) is 18.6. The van der Waals surface area contributed by atoms with E-state index in [4.69, 9.17) is 4.74 Å². The Bertz CT molecular complexity index is 527. The number of amides is 1. The molecule has 3 rings (SSSR count). The van der Waals surface area contributed by atoms with Crippen molar-refractivity contribution in [3.05, 3.63) is 29.3 Å². The van der Waals surface area contributed by atoms with Gasteiger partial charge >= 0.3 is 0 Å². The van der Waals surface area contributed by atoms with E-state index in [9.17, 15) is 4.79 Å². The Kier molecular flexibility index (Phi) is 2.80. The lowest BCUT2D eigenvalue weighted by molar-refractivity contribution is -0.110. The van der Waals surface area contributed by atoms with Gasteiger partial charge in [0.1, 0.15) is 5.75 Å². The van der Waals surface area contributed by atoms with Crippen molar-refractivity contribution in [3.8, 4) is 5.75 Å². The minimum atomic E-state index is 0.0233. The van der Waals surface area contributed by atoms with E-state index < -0.39 is 0 Å². The lowest BCUT2D eigenvalue weighted by Gasteiger charge is -2.17. The van der Waals surface area contributed by atoms with E-state index in [2.05, 4.69) is 10.6 Å². The zero-order valence-electron chi connectivity index (χ0n) is 10.4. The van der Waals surface area contributed by atoms with Gasteiger partial charge in [0.15, 0.2) is 0 Å². The number of anilines is 1. The molecule has 2 N–H and O–H groups in total. The smallest absolute Gasteiger partial charge is 0.256 e. The molecule has 2 aliphatic rings. The molecule has 1 amide bonds. The average Bonchev–Trinajstić information content (AvgIpc) is 2.74. The van der Waals surface area contributed by atoms with Crippen LogP contribution in [-0.2, 0) is 4.79 Å². The molecule has 0 saturated carbocycles. The maximum atomic E-state index is 12.1. The third-order valence-electron chi connectivity index (χ3n) is 3.53. The van der Waals surface area contributed by atoms with E-state index in [1.807, 2.05) is 18.2 Å². The highest BCUT2D eigenvalue weighted by Crippen LogP contribution is 2.38. The Morgan fingerprint density at radius 1 is 1.22 bits per heavy atom. The lowest BCUT2D eigenvalue weighted by Crippen LogP contribution is -2.24. The summed E-state index contributed by atoms with van der Waals surface area (Å²) in [7, 11) is 1.64. The summed E-state index contributed by atoms with van der Waals surface area (Å²) >= 11 is 0. The van der Waals surface area contributed by atoms with Crippen molar-refractivity contribution in [2.24, 2.45) is 0 Å². The number of carbonyl (C=O) groups excluding carboxylic acids is 1. The first-order chi connectivity index (χ1) is 8.79. The van der Waals surface area contributed by atoms with E-state index in [-0.39, 0.29) is 5.91 Å². The van der Waals surface area contributed by atoms with E-state index >= 15 is 0 Å². The van der Waals surface area contributed by atoms with Gasteiger partial charge in [-0.3, -0.25) is 4.79 Å². The number of piperidine rings is 1. The fourth-order valence-electron chi connectivity index (χ4n) is 2.60. The largest absolute Gasteiger partial charge is 0.497 e. The SMILES string of the molecule is COc1ccc2c(c1)C(=C1CCNCC1)C(=O)N2. The van der Waals surface area contributed by atoms with Crippen LogP contribution in [0.25, 0.3) is 5.57 Å². The van der Waals surface area contributed by atoms with Gasteiger partial charge in [-0.25, -0.2) is 0 Å². The van der Waals surface area contributed by atoms with Gasteiger partial charge in [0.05, 0.1) is 7.11 Å². The van der Waals surface area contributed by atoms with Gasteiger partial charge in [-0.15, -0.1) is 0 Å². The van der Waals surface area contributed by atoms with E-state index in [0.29, 0.717) is 0 Å². The van der Waals surface area contributed by atoms with Crippen LogP contribution in [0.1, 0.15) is 18.4 Å². The summed E-state index contributed by atoms with van der Waals surface area (Å²) in [5.74, 6) is 0.812. The van der Waals surface area contributed by atoms with Gasteiger partial charge in [-0.2, -0.15) is 0 Å². The van der Waals surface area contributed by atoms with Crippen LogP contribution in [-0.4, -0.2) is 26.1 Å². The zero-order valence-corrected chi connectivity index (χ0v) is 10.4. The molecule has 4 heteroatoms. The molecular weight excluding hydrogens is 228 g/mol. The summed E-state index contributed by atoms with van der Waals surface area (Å²) in [6.45, 7) is 1.90. The molecule has 0 atom stereocenters. The first-order valence-electron chi connectivity index (χ1n) is 6.22. The van der Waals surface area contributed by atoms with Crippen LogP contribution in [0.5, 0.6) is 5.75 Å². The molecule has 1 fully saturated rings. The topological polar surface area (TPSA) is 50.4 Å². The number of methoxy groups -OCH3 is 1. The van der Waals surface area contributed by atoms with E-state index in [1.165, 1.54) is 5.57 Å². The van der Waals surface area contributed by atoms with Crippen molar-refractivity contribution >= 4 is 17.2 Å². The molecule has 0 aromatic heterocycles. The molecule has 1 aromatic rings. The van der Waals surface area contributed by atoms with Crippen molar-refractivity contribution in [2.75, 3.05) is 25.5 Å². The standard InChI is InChI=1S/C14H16N2O2/c1-18-10-2-3-12-11(8-10)13(14(17)16-12)9-4-6-15-7-5-9/h2-3,8,15H,4-7H2,1H3,(H,16,17). The first kappa shape index (κ1) is 11.3. The highest BCUT2D eigenvalue weighted by molar-refractivity contribution is 6.32. The molecule has 1 saturated heterocycles. The minimum absolute atomic E-state index is 0.0233. The van der Waals surface area contributed by atoms with Crippen LogP contribution in [0.15, 0.2) is 23.8 Å². The maximum Gasteiger partial charge on any atom is 0.256 e. The summed E-state index contributed by atoms with van der Waals surface area (Å²) in [5.41, 5.74) is 3.97. The molecule has 2 aliphatic heterocycles. The zero-order chi connectivity index (χ0) is 12.5. The average molecular weight is 244 g/mol. The predicted octanol–water partition coefficient (Wildman–Crippen LogP) is 1.78. The van der Waals surface area contributed by atoms with Crippen LogP contribution < -0.4 is 15.4 Å². The number of fused-ring (bicyclic) bond motifs is 1. The van der Waals surface area contributed by atoms with Gasteiger partial charge in [0.2, 0.25) is 0 Å². The monoisotopic (exact) mass is 244 g/mol. The Labute approximate surface area is 106 Å². The molecule has 0 bridgehead atoms. The van der Waals surface area contributed by atoms with E-state index in [0.717, 1.165) is 48.5 Å². The van der Waals surface area contributed by atoms with Crippen LogP contribution in [0, 0.1) is 0 Å². The van der Waals surface area contributed by atoms with Crippen molar-refractivity contribution in [2.45, 2.75) is 12.8 Å². The van der Waals surface area contributed by atoms with Gasteiger partial charge in [-0.05, 0) is 44.1 Å². The molecule has 0 radical (unpaired) electrons. The molecule has 0 aliphatic carbocycles. The molecule has 0 spiro atoms. The Hall–Kier alpha value is -1.81. The number of benzene rings is 1. The number of hydrogen-bond acceptors (Lipinski definition) is 3. The van der Waals surface area contributed by atoms with Gasteiger partial charge in [-0.1, -0.05) is 5.57 Å². The van der Waals surface area contributed by atoms with Gasteiger partial charge < -0.3 is 15.4 Å².